The summed E-state index contributed by atoms with van der Waals surface area (Å²) in [5, 5.41) is 14.4. The number of aromatic amines is 1. The summed E-state index contributed by atoms with van der Waals surface area (Å²) >= 11 is 0. The van der Waals surface area contributed by atoms with Crippen molar-refractivity contribution in [3.05, 3.63) is 78.2 Å². The lowest BCUT2D eigenvalue weighted by molar-refractivity contribution is 0.814. The second kappa shape index (κ2) is 6.70. The summed E-state index contributed by atoms with van der Waals surface area (Å²) in [6.45, 7) is 2.77. The van der Waals surface area contributed by atoms with Crippen LogP contribution in [-0.4, -0.2) is 35.2 Å². The highest BCUT2D eigenvalue weighted by Gasteiger charge is 2.11. The summed E-state index contributed by atoms with van der Waals surface area (Å²) in [5.41, 5.74) is 7.30. The maximum Gasteiger partial charge on any atom is 0.205 e. The van der Waals surface area contributed by atoms with Crippen LogP contribution in [0.2, 0.25) is 0 Å². The number of nitrogens with zero attached hydrogens (tertiary/aromatic N) is 6. The Bertz CT molecular complexity index is 1240. The van der Waals surface area contributed by atoms with Gasteiger partial charge in [0.1, 0.15) is 5.52 Å². The molecular formula is C21H17N7. The fourth-order valence-corrected chi connectivity index (χ4v) is 3.40. The summed E-state index contributed by atoms with van der Waals surface area (Å²) in [6.07, 6.45) is 3.68. The molecule has 0 spiro atoms. The van der Waals surface area contributed by atoms with E-state index in [4.69, 9.17) is 0 Å². The SMILES string of the molecule is Cc1ccnc2c1ncn2Cc1ccc(-c2ccccc2-c2nn[nH]n2)cc1. The van der Waals surface area contributed by atoms with Crippen molar-refractivity contribution in [2.75, 3.05) is 0 Å². The monoisotopic (exact) mass is 367 g/mol. The molecule has 0 fully saturated rings. The first-order valence-corrected chi connectivity index (χ1v) is 8.98. The Balaban J connectivity index is 1.46. The molecule has 0 aliphatic rings. The zero-order valence-electron chi connectivity index (χ0n) is 15.2. The lowest BCUT2D eigenvalue weighted by Gasteiger charge is -2.09. The van der Waals surface area contributed by atoms with Crippen LogP contribution in [0.15, 0.2) is 67.1 Å². The number of nitrogens with one attached hydrogen (secondary N) is 1. The normalized spacial score (nSPS) is 11.2. The highest BCUT2D eigenvalue weighted by molar-refractivity contribution is 5.80. The van der Waals surface area contributed by atoms with Crippen molar-refractivity contribution in [1.82, 2.24) is 35.2 Å². The van der Waals surface area contributed by atoms with E-state index in [-0.39, 0.29) is 0 Å². The fraction of sp³-hybridized carbons (Fsp3) is 0.0952. The highest BCUT2D eigenvalue weighted by Crippen LogP contribution is 2.29. The molecule has 5 aromatic rings. The Kier molecular flexibility index (Phi) is 3.90. The van der Waals surface area contributed by atoms with Gasteiger partial charge in [0.2, 0.25) is 5.82 Å². The van der Waals surface area contributed by atoms with Crippen molar-refractivity contribution in [1.29, 1.82) is 0 Å². The van der Waals surface area contributed by atoms with Gasteiger partial charge < -0.3 is 4.57 Å². The molecule has 0 saturated carbocycles. The van der Waals surface area contributed by atoms with Crippen molar-refractivity contribution >= 4 is 11.2 Å². The number of rotatable bonds is 4. The van der Waals surface area contributed by atoms with Crippen LogP contribution >= 0.6 is 0 Å². The van der Waals surface area contributed by atoms with Crippen LogP contribution < -0.4 is 0 Å². The van der Waals surface area contributed by atoms with Crippen LogP contribution in [0.1, 0.15) is 11.1 Å². The first kappa shape index (κ1) is 16.3. The van der Waals surface area contributed by atoms with Gasteiger partial charge in [0.05, 0.1) is 12.9 Å². The summed E-state index contributed by atoms with van der Waals surface area (Å²) < 4.78 is 2.07. The van der Waals surface area contributed by atoms with E-state index >= 15 is 0 Å². The Morgan fingerprint density at radius 1 is 0.929 bits per heavy atom. The van der Waals surface area contributed by atoms with Crippen LogP contribution in [0.3, 0.4) is 0 Å². The molecule has 0 atom stereocenters. The first-order valence-electron chi connectivity index (χ1n) is 8.98. The second-order valence-corrected chi connectivity index (χ2v) is 6.65. The summed E-state index contributed by atoms with van der Waals surface area (Å²) in [5.74, 6) is 0.589. The molecular weight excluding hydrogens is 350 g/mol. The fourth-order valence-electron chi connectivity index (χ4n) is 3.40. The standard InChI is InChI=1S/C21H17N7/c1-14-10-11-22-21-19(14)23-13-28(21)12-15-6-8-16(9-7-15)17-4-2-3-5-18(17)20-24-26-27-25-20/h2-11,13H,12H2,1H3,(H,24,25,26,27). The van der Waals surface area contributed by atoms with Gasteiger partial charge in [0.15, 0.2) is 5.65 Å². The van der Waals surface area contributed by atoms with E-state index in [1.165, 1.54) is 5.56 Å². The molecule has 0 bridgehead atoms. The van der Waals surface area contributed by atoms with Gasteiger partial charge in [-0.25, -0.2) is 9.97 Å². The first-order chi connectivity index (χ1) is 13.8. The van der Waals surface area contributed by atoms with Crippen molar-refractivity contribution in [3.8, 4) is 22.5 Å². The molecule has 0 aliphatic heterocycles. The molecule has 0 unspecified atom stereocenters. The summed E-state index contributed by atoms with van der Waals surface area (Å²) in [7, 11) is 0. The van der Waals surface area contributed by atoms with Gasteiger partial charge in [-0.3, -0.25) is 0 Å². The number of benzene rings is 2. The van der Waals surface area contributed by atoms with Gasteiger partial charge in [-0.1, -0.05) is 48.5 Å². The molecule has 1 N–H and O–H groups in total. The van der Waals surface area contributed by atoms with Crippen molar-refractivity contribution in [2.24, 2.45) is 0 Å². The molecule has 7 nitrogen and oxygen atoms in total. The topological polar surface area (TPSA) is 85.2 Å². The highest BCUT2D eigenvalue weighted by atomic mass is 15.5. The summed E-state index contributed by atoms with van der Waals surface area (Å²) in [6, 6.07) is 18.5. The predicted octanol–water partition coefficient (Wildman–Crippen LogP) is 3.64. The number of hydrogen-bond donors (Lipinski definition) is 1. The number of hydrogen-bond acceptors (Lipinski definition) is 5. The number of imidazole rings is 1. The molecule has 0 amide bonds. The van der Waals surface area contributed by atoms with E-state index in [0.717, 1.165) is 40.0 Å². The van der Waals surface area contributed by atoms with E-state index in [1.54, 1.807) is 0 Å². The maximum atomic E-state index is 4.50. The van der Waals surface area contributed by atoms with E-state index in [1.807, 2.05) is 36.8 Å². The minimum absolute atomic E-state index is 0.589. The van der Waals surface area contributed by atoms with Crippen LogP contribution in [0.5, 0.6) is 0 Å². The smallest absolute Gasteiger partial charge is 0.205 e. The average Bonchev–Trinajstić information content (AvgIpc) is 3.40. The van der Waals surface area contributed by atoms with E-state index in [9.17, 15) is 0 Å². The molecule has 3 aromatic heterocycles. The Labute approximate surface area is 161 Å². The van der Waals surface area contributed by atoms with Gasteiger partial charge in [0, 0.05) is 11.8 Å². The Morgan fingerprint density at radius 3 is 2.54 bits per heavy atom. The third-order valence-electron chi connectivity index (χ3n) is 4.84. The molecule has 28 heavy (non-hydrogen) atoms. The van der Waals surface area contributed by atoms with E-state index in [2.05, 4.69) is 72.4 Å². The molecule has 136 valence electrons. The number of H-pyrrole nitrogens is 1. The number of fused-ring (bicyclic) bond motifs is 1. The third kappa shape index (κ3) is 2.83. The van der Waals surface area contributed by atoms with Crippen LogP contribution in [0, 0.1) is 6.92 Å². The number of aromatic nitrogens is 7. The third-order valence-corrected chi connectivity index (χ3v) is 4.84. The Hall–Kier alpha value is -3.87. The predicted molar refractivity (Wildman–Crippen MR) is 106 cm³/mol. The molecule has 7 heteroatoms. The lowest BCUT2D eigenvalue weighted by atomic mass is 9.98. The van der Waals surface area contributed by atoms with Gasteiger partial charge in [-0.05, 0) is 40.5 Å². The molecule has 0 saturated heterocycles. The number of pyridine rings is 1. The Morgan fingerprint density at radius 2 is 1.75 bits per heavy atom. The van der Waals surface area contributed by atoms with E-state index in [0.29, 0.717) is 5.82 Å². The zero-order chi connectivity index (χ0) is 18.9. The van der Waals surface area contributed by atoms with Crippen LogP contribution in [0.25, 0.3) is 33.7 Å². The minimum atomic E-state index is 0.589. The van der Waals surface area contributed by atoms with Crippen molar-refractivity contribution < 1.29 is 0 Å². The second-order valence-electron chi connectivity index (χ2n) is 6.65. The van der Waals surface area contributed by atoms with Crippen molar-refractivity contribution in [2.45, 2.75) is 13.5 Å². The maximum absolute atomic E-state index is 4.50. The van der Waals surface area contributed by atoms with Gasteiger partial charge in [-0.15, -0.1) is 10.2 Å². The molecule has 2 aromatic carbocycles. The quantitative estimate of drug-likeness (QED) is 0.524. The molecule has 5 rings (SSSR count). The molecule has 3 heterocycles. The lowest BCUT2D eigenvalue weighted by Crippen LogP contribution is -1.99. The van der Waals surface area contributed by atoms with Gasteiger partial charge in [0.25, 0.3) is 0 Å². The minimum Gasteiger partial charge on any atom is -0.311 e. The van der Waals surface area contributed by atoms with Crippen molar-refractivity contribution in [3.63, 3.8) is 0 Å². The van der Waals surface area contributed by atoms with E-state index < -0.39 is 0 Å². The summed E-state index contributed by atoms with van der Waals surface area (Å²) in [4.78, 5) is 8.98. The zero-order valence-corrected chi connectivity index (χ0v) is 15.2. The van der Waals surface area contributed by atoms with Gasteiger partial charge >= 0.3 is 0 Å². The number of aryl methyl sites for hydroxylation is 1. The molecule has 0 aliphatic carbocycles. The van der Waals surface area contributed by atoms with Crippen LogP contribution in [-0.2, 0) is 6.54 Å². The molecule has 0 radical (unpaired) electrons. The largest absolute Gasteiger partial charge is 0.311 e. The van der Waals surface area contributed by atoms with Gasteiger partial charge in [-0.2, -0.15) is 5.21 Å². The average molecular weight is 367 g/mol. The number of tetrazole rings is 1. The van der Waals surface area contributed by atoms with Crippen LogP contribution in [0.4, 0.5) is 0 Å².